The average Bonchev–Trinajstić information content (AvgIpc) is 2.52. The molecule has 0 saturated heterocycles. The van der Waals surface area contributed by atoms with Crippen molar-refractivity contribution in [3.05, 3.63) is 39.3 Å². The highest BCUT2D eigenvalue weighted by atomic mass is 79.9. The maximum Gasteiger partial charge on any atom is 0.235 e. The van der Waals surface area contributed by atoms with Gasteiger partial charge in [-0.25, -0.2) is 4.98 Å². The highest BCUT2D eigenvalue weighted by Gasteiger charge is 2.08. The summed E-state index contributed by atoms with van der Waals surface area (Å²) in [4.78, 5) is 8.43. The van der Waals surface area contributed by atoms with Crippen LogP contribution in [0, 0.1) is 13.8 Å². The summed E-state index contributed by atoms with van der Waals surface area (Å²) in [5.74, 6) is 0.600. The minimum Gasteiger partial charge on any atom is -0.287 e. The smallest absolute Gasteiger partial charge is 0.235 e. The molecular formula is C10H9BrClN3. The van der Waals surface area contributed by atoms with Gasteiger partial charge >= 0.3 is 0 Å². The van der Waals surface area contributed by atoms with Crippen LogP contribution in [-0.2, 0) is 0 Å². The standard InChI is InChI=1S/C10H9BrClN3/c1-6-3-4-7(2)15(6)10-13-5-8(11)9(12)14-10/h3-5H,1-2H3. The van der Waals surface area contributed by atoms with Crippen LogP contribution in [0.1, 0.15) is 11.4 Å². The molecule has 2 aromatic rings. The van der Waals surface area contributed by atoms with E-state index in [1.54, 1.807) is 6.20 Å². The fourth-order valence-corrected chi connectivity index (χ4v) is 1.74. The number of hydrogen-bond donors (Lipinski definition) is 0. The van der Waals surface area contributed by atoms with Gasteiger partial charge in [-0.2, -0.15) is 4.98 Å². The lowest BCUT2D eigenvalue weighted by molar-refractivity contribution is 0.870. The molecule has 0 unspecified atom stereocenters. The van der Waals surface area contributed by atoms with Crippen molar-refractivity contribution in [2.75, 3.05) is 0 Å². The van der Waals surface area contributed by atoms with E-state index in [-0.39, 0.29) is 0 Å². The Bertz CT molecular complexity index is 488. The Balaban J connectivity index is 2.59. The summed E-state index contributed by atoms with van der Waals surface area (Å²) in [6.07, 6.45) is 1.66. The zero-order valence-corrected chi connectivity index (χ0v) is 10.7. The molecule has 3 nitrogen and oxygen atoms in total. The lowest BCUT2D eigenvalue weighted by Gasteiger charge is -2.07. The topological polar surface area (TPSA) is 30.7 Å². The molecule has 0 aliphatic carbocycles. The van der Waals surface area contributed by atoms with Gasteiger partial charge in [0.2, 0.25) is 5.95 Å². The molecule has 0 saturated carbocycles. The van der Waals surface area contributed by atoms with Crippen molar-refractivity contribution in [1.29, 1.82) is 0 Å². The molecule has 15 heavy (non-hydrogen) atoms. The third kappa shape index (κ3) is 1.92. The van der Waals surface area contributed by atoms with Crippen LogP contribution in [0.4, 0.5) is 0 Å². The van der Waals surface area contributed by atoms with E-state index in [9.17, 15) is 0 Å². The first-order valence-corrected chi connectivity index (χ1v) is 5.60. The molecule has 0 aromatic carbocycles. The van der Waals surface area contributed by atoms with Crippen molar-refractivity contribution in [2.24, 2.45) is 0 Å². The normalized spacial score (nSPS) is 10.7. The molecule has 0 aliphatic heterocycles. The van der Waals surface area contributed by atoms with Gasteiger partial charge in [0.25, 0.3) is 0 Å². The van der Waals surface area contributed by atoms with Gasteiger partial charge in [-0.1, -0.05) is 11.6 Å². The number of rotatable bonds is 1. The Labute approximate surface area is 101 Å². The van der Waals surface area contributed by atoms with Crippen LogP contribution in [0.3, 0.4) is 0 Å². The van der Waals surface area contributed by atoms with Gasteiger partial charge in [-0.15, -0.1) is 0 Å². The van der Waals surface area contributed by atoms with Crippen molar-refractivity contribution < 1.29 is 0 Å². The molecule has 78 valence electrons. The second-order valence-electron chi connectivity index (χ2n) is 3.26. The highest BCUT2D eigenvalue weighted by molar-refractivity contribution is 9.10. The summed E-state index contributed by atoms with van der Waals surface area (Å²) in [7, 11) is 0. The van der Waals surface area contributed by atoms with Crippen LogP contribution in [0.25, 0.3) is 5.95 Å². The molecule has 5 heteroatoms. The first-order chi connectivity index (χ1) is 7.09. The number of aromatic nitrogens is 3. The molecule has 0 radical (unpaired) electrons. The van der Waals surface area contributed by atoms with Crippen LogP contribution in [0.5, 0.6) is 0 Å². The second-order valence-corrected chi connectivity index (χ2v) is 4.47. The third-order valence-corrected chi connectivity index (χ3v) is 3.26. The van der Waals surface area contributed by atoms with E-state index >= 15 is 0 Å². The predicted molar refractivity (Wildman–Crippen MR) is 63.5 cm³/mol. The van der Waals surface area contributed by atoms with Gasteiger partial charge in [0.1, 0.15) is 5.15 Å². The molecule has 0 spiro atoms. The van der Waals surface area contributed by atoms with Gasteiger partial charge in [0, 0.05) is 17.6 Å². The summed E-state index contributed by atoms with van der Waals surface area (Å²) >= 11 is 9.19. The third-order valence-electron chi connectivity index (χ3n) is 2.16. The average molecular weight is 287 g/mol. The van der Waals surface area contributed by atoms with Gasteiger partial charge < -0.3 is 0 Å². The Morgan fingerprint density at radius 3 is 2.40 bits per heavy atom. The van der Waals surface area contributed by atoms with E-state index in [1.807, 2.05) is 30.5 Å². The maximum atomic E-state index is 5.92. The van der Waals surface area contributed by atoms with Crippen molar-refractivity contribution in [3.63, 3.8) is 0 Å². The Morgan fingerprint density at radius 1 is 1.27 bits per heavy atom. The van der Waals surface area contributed by atoms with Gasteiger partial charge in [0.15, 0.2) is 0 Å². The van der Waals surface area contributed by atoms with Crippen LogP contribution in [-0.4, -0.2) is 14.5 Å². The molecule has 2 aromatic heterocycles. The quantitative estimate of drug-likeness (QED) is 0.753. The van der Waals surface area contributed by atoms with E-state index < -0.39 is 0 Å². The number of halogens is 2. The molecule has 0 aliphatic rings. The minimum atomic E-state index is 0.424. The van der Waals surface area contributed by atoms with Crippen molar-refractivity contribution in [1.82, 2.24) is 14.5 Å². The zero-order chi connectivity index (χ0) is 11.0. The molecule has 2 heterocycles. The molecule has 0 atom stereocenters. The fraction of sp³-hybridized carbons (Fsp3) is 0.200. The lowest BCUT2D eigenvalue weighted by Crippen LogP contribution is -2.04. The van der Waals surface area contributed by atoms with E-state index in [4.69, 9.17) is 11.6 Å². The number of aryl methyl sites for hydroxylation is 2. The first-order valence-electron chi connectivity index (χ1n) is 4.43. The lowest BCUT2D eigenvalue weighted by atomic mass is 10.5. The van der Waals surface area contributed by atoms with Crippen LogP contribution in [0.2, 0.25) is 5.15 Å². The summed E-state index contributed by atoms with van der Waals surface area (Å²) < 4.78 is 2.66. The summed E-state index contributed by atoms with van der Waals surface area (Å²) in [5.41, 5.74) is 2.18. The van der Waals surface area contributed by atoms with Gasteiger partial charge in [-0.05, 0) is 41.9 Å². The van der Waals surface area contributed by atoms with E-state index in [0.717, 1.165) is 11.4 Å². The Morgan fingerprint density at radius 2 is 1.87 bits per heavy atom. The van der Waals surface area contributed by atoms with Crippen molar-refractivity contribution >= 4 is 27.5 Å². The fourth-order valence-electron chi connectivity index (χ4n) is 1.43. The van der Waals surface area contributed by atoms with Gasteiger partial charge in [0.05, 0.1) is 4.47 Å². The number of nitrogens with zero attached hydrogens (tertiary/aromatic N) is 3. The predicted octanol–water partition coefficient (Wildman–Crippen LogP) is 3.30. The van der Waals surface area contributed by atoms with Crippen molar-refractivity contribution in [3.8, 4) is 5.95 Å². The summed E-state index contributed by atoms with van der Waals surface area (Å²) in [6.45, 7) is 4.01. The van der Waals surface area contributed by atoms with Crippen LogP contribution < -0.4 is 0 Å². The molecule has 0 bridgehead atoms. The molecule has 2 rings (SSSR count). The van der Waals surface area contributed by atoms with Crippen LogP contribution in [0.15, 0.2) is 22.8 Å². The summed E-state index contributed by atoms with van der Waals surface area (Å²) in [6, 6.07) is 4.04. The Hall–Kier alpha value is -0.870. The monoisotopic (exact) mass is 285 g/mol. The van der Waals surface area contributed by atoms with Crippen molar-refractivity contribution in [2.45, 2.75) is 13.8 Å². The minimum absolute atomic E-state index is 0.424. The van der Waals surface area contributed by atoms with Crippen LogP contribution >= 0.6 is 27.5 Å². The number of hydrogen-bond acceptors (Lipinski definition) is 2. The highest BCUT2D eigenvalue weighted by Crippen LogP contribution is 2.21. The van der Waals surface area contributed by atoms with Gasteiger partial charge in [-0.3, -0.25) is 4.57 Å². The molecule has 0 amide bonds. The molecular weight excluding hydrogens is 277 g/mol. The largest absolute Gasteiger partial charge is 0.287 e. The summed E-state index contributed by atoms with van der Waals surface area (Å²) in [5, 5.41) is 0.424. The Kier molecular flexibility index (Phi) is 2.80. The maximum absolute atomic E-state index is 5.92. The first kappa shape index (κ1) is 10.6. The van der Waals surface area contributed by atoms with E-state index in [1.165, 1.54) is 0 Å². The zero-order valence-electron chi connectivity index (χ0n) is 8.33. The SMILES string of the molecule is Cc1ccc(C)n1-c1ncc(Br)c(Cl)n1. The molecule has 0 fully saturated rings. The second kappa shape index (κ2) is 3.94. The molecule has 0 N–H and O–H groups in total. The van der Waals surface area contributed by atoms with E-state index in [2.05, 4.69) is 25.9 Å². The van der Waals surface area contributed by atoms with E-state index in [0.29, 0.717) is 15.6 Å².